The van der Waals surface area contributed by atoms with Gasteiger partial charge in [-0.1, -0.05) is 29.8 Å². The highest BCUT2D eigenvalue weighted by molar-refractivity contribution is 6.32. The fraction of sp³-hybridized carbons (Fsp3) is 0.0588. The molecule has 21 heavy (non-hydrogen) atoms. The minimum absolute atomic E-state index is 0.0322. The van der Waals surface area contributed by atoms with Gasteiger partial charge in [0.1, 0.15) is 11.3 Å². The number of Topliss-reactive ketones (excluding diaryl/α,β-unsaturated/α-hetero) is 1. The molecule has 0 N–H and O–H groups in total. The molecule has 0 unspecified atom stereocenters. The molecule has 0 aliphatic heterocycles. The Morgan fingerprint density at radius 3 is 2.67 bits per heavy atom. The van der Waals surface area contributed by atoms with Crippen LogP contribution in [-0.4, -0.2) is 10.8 Å². The summed E-state index contributed by atoms with van der Waals surface area (Å²) in [6.07, 6.45) is 1.72. The van der Waals surface area contributed by atoms with Gasteiger partial charge in [-0.25, -0.2) is 0 Å². The second-order valence-corrected chi connectivity index (χ2v) is 5.04. The molecule has 0 spiro atoms. The van der Waals surface area contributed by atoms with Gasteiger partial charge in [-0.15, -0.1) is 0 Å². The molecular formula is C17H12ClNO2. The van der Waals surface area contributed by atoms with Gasteiger partial charge in [-0.05, 0) is 37.3 Å². The molecule has 3 nitrogen and oxygen atoms in total. The molecule has 4 heteroatoms. The number of para-hydroxylation sites is 1. The van der Waals surface area contributed by atoms with E-state index in [1.807, 2.05) is 30.3 Å². The van der Waals surface area contributed by atoms with Crippen molar-refractivity contribution in [2.24, 2.45) is 0 Å². The molecule has 0 saturated heterocycles. The summed E-state index contributed by atoms with van der Waals surface area (Å²) in [5.74, 6) is 1.10. The van der Waals surface area contributed by atoms with Crippen molar-refractivity contribution in [3.63, 3.8) is 0 Å². The van der Waals surface area contributed by atoms with E-state index in [9.17, 15) is 4.79 Å². The number of ketones is 1. The minimum Gasteiger partial charge on any atom is -0.454 e. The number of nitrogens with zero attached hydrogens (tertiary/aromatic N) is 1. The van der Waals surface area contributed by atoms with Crippen LogP contribution in [0.2, 0.25) is 5.02 Å². The number of benzene rings is 2. The van der Waals surface area contributed by atoms with E-state index in [0.717, 1.165) is 10.9 Å². The molecule has 0 atom stereocenters. The molecule has 0 fully saturated rings. The smallest absolute Gasteiger partial charge is 0.159 e. The summed E-state index contributed by atoms with van der Waals surface area (Å²) in [7, 11) is 0. The molecule has 0 radical (unpaired) electrons. The van der Waals surface area contributed by atoms with Crippen LogP contribution in [0.4, 0.5) is 0 Å². The number of rotatable bonds is 3. The van der Waals surface area contributed by atoms with Gasteiger partial charge in [0.05, 0.1) is 5.02 Å². The number of hydrogen-bond donors (Lipinski definition) is 0. The Balaban J connectivity index is 2.01. The third-order valence-electron chi connectivity index (χ3n) is 3.15. The lowest BCUT2D eigenvalue weighted by molar-refractivity contribution is 0.101. The summed E-state index contributed by atoms with van der Waals surface area (Å²) in [5, 5.41) is 1.39. The summed E-state index contributed by atoms with van der Waals surface area (Å²) in [6, 6.07) is 14.6. The van der Waals surface area contributed by atoms with Gasteiger partial charge in [0, 0.05) is 17.1 Å². The van der Waals surface area contributed by atoms with Crippen molar-refractivity contribution in [2.45, 2.75) is 6.92 Å². The quantitative estimate of drug-likeness (QED) is 0.647. The molecule has 0 bridgehead atoms. The first-order chi connectivity index (χ1) is 10.1. The van der Waals surface area contributed by atoms with E-state index in [2.05, 4.69) is 4.98 Å². The SMILES string of the molecule is CC(=O)c1ccc(Oc2cccc3cccnc23)c(Cl)c1. The van der Waals surface area contributed by atoms with Gasteiger partial charge in [0.2, 0.25) is 0 Å². The highest BCUT2D eigenvalue weighted by atomic mass is 35.5. The lowest BCUT2D eigenvalue weighted by Crippen LogP contribution is -1.93. The van der Waals surface area contributed by atoms with Crippen molar-refractivity contribution in [3.05, 3.63) is 65.3 Å². The first-order valence-corrected chi connectivity index (χ1v) is 6.85. The predicted octanol–water partition coefficient (Wildman–Crippen LogP) is 4.88. The summed E-state index contributed by atoms with van der Waals surface area (Å²) >= 11 is 6.18. The van der Waals surface area contributed by atoms with Gasteiger partial charge in [-0.2, -0.15) is 0 Å². The number of carbonyl (C=O) groups is 1. The number of carbonyl (C=O) groups excluding carboxylic acids is 1. The van der Waals surface area contributed by atoms with E-state index in [1.54, 1.807) is 24.4 Å². The van der Waals surface area contributed by atoms with Crippen LogP contribution in [-0.2, 0) is 0 Å². The standard InChI is InChI=1S/C17H12ClNO2/c1-11(20)13-7-8-15(14(18)10-13)21-16-6-2-4-12-5-3-9-19-17(12)16/h2-10H,1H3. The maximum atomic E-state index is 11.3. The van der Waals surface area contributed by atoms with Crippen LogP contribution in [0.1, 0.15) is 17.3 Å². The average molecular weight is 298 g/mol. The predicted molar refractivity (Wildman–Crippen MR) is 83.3 cm³/mol. The number of halogens is 1. The number of pyridine rings is 1. The van der Waals surface area contributed by atoms with Crippen LogP contribution in [0, 0.1) is 0 Å². The molecule has 0 aliphatic carbocycles. The number of ether oxygens (including phenoxy) is 1. The van der Waals surface area contributed by atoms with Gasteiger partial charge in [-0.3, -0.25) is 9.78 Å². The number of aromatic nitrogens is 1. The van der Waals surface area contributed by atoms with Gasteiger partial charge in [0.15, 0.2) is 11.5 Å². The topological polar surface area (TPSA) is 39.2 Å². The van der Waals surface area contributed by atoms with Crippen molar-refractivity contribution in [1.29, 1.82) is 0 Å². The largest absolute Gasteiger partial charge is 0.454 e. The third-order valence-corrected chi connectivity index (χ3v) is 3.45. The van der Waals surface area contributed by atoms with Crippen LogP contribution < -0.4 is 4.74 Å². The Morgan fingerprint density at radius 1 is 1.10 bits per heavy atom. The van der Waals surface area contributed by atoms with Crippen molar-refractivity contribution in [3.8, 4) is 11.5 Å². The molecule has 104 valence electrons. The molecule has 1 aromatic heterocycles. The highest BCUT2D eigenvalue weighted by Gasteiger charge is 2.09. The summed E-state index contributed by atoms with van der Waals surface area (Å²) in [4.78, 5) is 15.7. The summed E-state index contributed by atoms with van der Waals surface area (Å²) < 4.78 is 5.85. The Morgan fingerprint density at radius 2 is 1.90 bits per heavy atom. The van der Waals surface area contributed by atoms with Crippen LogP contribution in [0.5, 0.6) is 11.5 Å². The van der Waals surface area contributed by atoms with Crippen LogP contribution in [0.25, 0.3) is 10.9 Å². The van der Waals surface area contributed by atoms with Crippen LogP contribution >= 0.6 is 11.6 Å². The highest BCUT2D eigenvalue weighted by Crippen LogP contribution is 2.33. The van der Waals surface area contributed by atoms with E-state index >= 15 is 0 Å². The molecule has 0 saturated carbocycles. The number of hydrogen-bond acceptors (Lipinski definition) is 3. The Bertz CT molecular complexity index is 825. The van der Waals surface area contributed by atoms with E-state index in [4.69, 9.17) is 16.3 Å². The van der Waals surface area contributed by atoms with Gasteiger partial charge >= 0.3 is 0 Å². The zero-order valence-electron chi connectivity index (χ0n) is 11.3. The lowest BCUT2D eigenvalue weighted by atomic mass is 10.1. The zero-order valence-corrected chi connectivity index (χ0v) is 12.1. The molecule has 3 rings (SSSR count). The lowest BCUT2D eigenvalue weighted by Gasteiger charge is -2.10. The summed E-state index contributed by atoms with van der Waals surface area (Å²) in [5.41, 5.74) is 1.33. The van der Waals surface area contributed by atoms with E-state index < -0.39 is 0 Å². The fourth-order valence-electron chi connectivity index (χ4n) is 2.08. The second-order valence-electron chi connectivity index (χ2n) is 4.63. The molecule has 1 heterocycles. The monoisotopic (exact) mass is 297 g/mol. The van der Waals surface area contributed by atoms with Crippen molar-refractivity contribution < 1.29 is 9.53 Å². The van der Waals surface area contributed by atoms with E-state index in [1.165, 1.54) is 6.92 Å². The van der Waals surface area contributed by atoms with Gasteiger partial charge in [0.25, 0.3) is 0 Å². The number of fused-ring (bicyclic) bond motifs is 1. The molecule has 0 aliphatic rings. The van der Waals surface area contributed by atoms with Gasteiger partial charge < -0.3 is 4.74 Å². The zero-order chi connectivity index (χ0) is 14.8. The maximum absolute atomic E-state index is 11.3. The van der Waals surface area contributed by atoms with Crippen molar-refractivity contribution in [2.75, 3.05) is 0 Å². The molecular weight excluding hydrogens is 286 g/mol. The van der Waals surface area contributed by atoms with E-state index in [0.29, 0.717) is 22.1 Å². The normalized spacial score (nSPS) is 10.6. The second kappa shape index (κ2) is 5.54. The fourth-order valence-corrected chi connectivity index (χ4v) is 2.30. The van der Waals surface area contributed by atoms with Crippen LogP contribution in [0.3, 0.4) is 0 Å². The third kappa shape index (κ3) is 2.73. The van der Waals surface area contributed by atoms with E-state index in [-0.39, 0.29) is 5.78 Å². The van der Waals surface area contributed by atoms with Crippen LogP contribution in [0.15, 0.2) is 54.7 Å². The van der Waals surface area contributed by atoms with Crippen molar-refractivity contribution in [1.82, 2.24) is 4.98 Å². The molecule has 2 aromatic carbocycles. The molecule has 0 amide bonds. The Kier molecular flexibility index (Phi) is 3.59. The first-order valence-electron chi connectivity index (χ1n) is 6.47. The minimum atomic E-state index is -0.0322. The maximum Gasteiger partial charge on any atom is 0.159 e. The summed E-state index contributed by atoms with van der Waals surface area (Å²) in [6.45, 7) is 1.50. The molecule has 3 aromatic rings. The first kappa shape index (κ1) is 13.6. The Labute approximate surface area is 127 Å². The van der Waals surface area contributed by atoms with Crippen molar-refractivity contribution >= 4 is 28.3 Å². The Hall–Kier alpha value is -2.39. The average Bonchev–Trinajstić information content (AvgIpc) is 2.49.